The second kappa shape index (κ2) is 7.13. The fraction of sp³-hybridized carbons (Fsp3) is 0.421. The number of carbonyl (C=O) groups is 2. The number of thiocarbonyl (C=S) groups is 1. The summed E-state index contributed by atoms with van der Waals surface area (Å²) in [6, 6.07) is 7.66. The summed E-state index contributed by atoms with van der Waals surface area (Å²) in [5.41, 5.74) is 2.18. The normalized spacial score (nSPS) is 25.6. The number of hydrogen-bond acceptors (Lipinski definition) is 5. The van der Waals surface area contributed by atoms with Crippen LogP contribution in [0, 0.1) is 0 Å². The van der Waals surface area contributed by atoms with Crippen molar-refractivity contribution in [2.45, 2.75) is 32.3 Å². The van der Waals surface area contributed by atoms with Crippen molar-refractivity contribution in [3.05, 3.63) is 34.7 Å². The summed E-state index contributed by atoms with van der Waals surface area (Å²) in [5.74, 6) is -0.280. The first-order chi connectivity index (χ1) is 12.6. The van der Waals surface area contributed by atoms with Crippen LogP contribution in [0.3, 0.4) is 0 Å². The van der Waals surface area contributed by atoms with Crippen LogP contribution < -0.4 is 4.90 Å². The van der Waals surface area contributed by atoms with Crippen LogP contribution in [0.25, 0.3) is 5.57 Å². The number of carbonyl (C=O) groups excluding carboxylic acids is 2. The molecular formula is C19H20N2O3S2. The number of fused-ring (bicyclic) bond motifs is 1. The highest BCUT2D eigenvalue weighted by atomic mass is 32.2. The van der Waals surface area contributed by atoms with Crippen molar-refractivity contribution in [3.8, 4) is 0 Å². The van der Waals surface area contributed by atoms with Gasteiger partial charge < -0.3 is 9.64 Å². The van der Waals surface area contributed by atoms with E-state index in [0.29, 0.717) is 27.9 Å². The molecule has 0 aromatic heterocycles. The summed E-state index contributed by atoms with van der Waals surface area (Å²) in [4.78, 5) is 29.9. The van der Waals surface area contributed by atoms with Crippen LogP contribution >= 0.6 is 24.0 Å². The number of thioether (sulfide) groups is 1. The summed E-state index contributed by atoms with van der Waals surface area (Å²) in [6.45, 7) is 3.87. The number of nitrogens with zero attached hydrogens (tertiary/aromatic N) is 2. The number of rotatable bonds is 4. The Bertz CT molecular complexity index is 815. The molecule has 4 rings (SSSR count). The highest BCUT2D eigenvalue weighted by Gasteiger charge is 2.42. The summed E-state index contributed by atoms with van der Waals surface area (Å²) < 4.78 is 6.15. The first-order valence-electron chi connectivity index (χ1n) is 8.92. The van der Waals surface area contributed by atoms with Crippen molar-refractivity contribution >= 4 is 51.4 Å². The zero-order chi connectivity index (χ0) is 18.3. The molecule has 26 heavy (non-hydrogen) atoms. The van der Waals surface area contributed by atoms with E-state index in [1.165, 1.54) is 11.8 Å². The maximum atomic E-state index is 13.1. The molecule has 0 radical (unpaired) electrons. The Kier molecular flexibility index (Phi) is 4.86. The number of amides is 2. The van der Waals surface area contributed by atoms with E-state index in [9.17, 15) is 9.59 Å². The van der Waals surface area contributed by atoms with E-state index < -0.39 is 0 Å². The van der Waals surface area contributed by atoms with Crippen molar-refractivity contribution in [2.75, 3.05) is 24.6 Å². The van der Waals surface area contributed by atoms with E-state index in [1.54, 1.807) is 9.80 Å². The molecule has 1 aromatic carbocycles. The van der Waals surface area contributed by atoms with Crippen LogP contribution in [0.1, 0.15) is 31.7 Å². The Labute approximate surface area is 162 Å². The highest BCUT2D eigenvalue weighted by Crippen LogP contribution is 2.44. The fourth-order valence-corrected chi connectivity index (χ4v) is 4.99. The predicted molar refractivity (Wildman–Crippen MR) is 107 cm³/mol. The summed E-state index contributed by atoms with van der Waals surface area (Å²) in [7, 11) is 0. The van der Waals surface area contributed by atoms with Crippen molar-refractivity contribution in [1.82, 2.24) is 4.90 Å². The number of ether oxygens (including phenoxy) is 1. The average Bonchev–Trinajstić information content (AvgIpc) is 3.31. The van der Waals surface area contributed by atoms with Gasteiger partial charge >= 0.3 is 0 Å². The second-order valence-corrected chi connectivity index (χ2v) is 8.24. The van der Waals surface area contributed by atoms with Crippen LogP contribution in [0.4, 0.5) is 5.69 Å². The van der Waals surface area contributed by atoms with E-state index in [4.69, 9.17) is 17.0 Å². The van der Waals surface area contributed by atoms with Crippen LogP contribution in [-0.2, 0) is 14.3 Å². The van der Waals surface area contributed by atoms with Gasteiger partial charge in [-0.2, -0.15) is 0 Å². The molecule has 0 saturated carbocycles. The Morgan fingerprint density at radius 1 is 1.23 bits per heavy atom. The molecule has 3 heterocycles. The van der Waals surface area contributed by atoms with E-state index in [0.717, 1.165) is 37.1 Å². The molecule has 2 fully saturated rings. The third-order valence-electron chi connectivity index (χ3n) is 4.86. The molecule has 3 aliphatic rings. The number of anilines is 1. The third-order valence-corrected chi connectivity index (χ3v) is 6.31. The van der Waals surface area contributed by atoms with Crippen molar-refractivity contribution in [2.24, 2.45) is 0 Å². The lowest BCUT2D eigenvalue weighted by Gasteiger charge is -2.18. The van der Waals surface area contributed by atoms with Gasteiger partial charge in [-0.05, 0) is 25.3 Å². The minimum atomic E-state index is -0.174. The number of para-hydroxylation sites is 1. The molecule has 0 spiro atoms. The van der Waals surface area contributed by atoms with Crippen LogP contribution in [0.15, 0.2) is 29.2 Å². The van der Waals surface area contributed by atoms with Crippen molar-refractivity contribution < 1.29 is 14.3 Å². The molecule has 0 unspecified atom stereocenters. The predicted octanol–water partition coefficient (Wildman–Crippen LogP) is 3.19. The Balaban J connectivity index is 1.71. The largest absolute Gasteiger partial charge is 0.376 e. The van der Waals surface area contributed by atoms with Gasteiger partial charge in [0.25, 0.3) is 11.8 Å². The lowest BCUT2D eigenvalue weighted by atomic mass is 10.1. The standard InChI is InChI=1S/C19H20N2O3S2/c1-2-9-20-14-8-4-3-7-13(14)15(17(20)22)16-18(23)21(19(25)26-16)11-12-6-5-10-24-12/h3-4,7-8,12H,2,5-6,9-11H2,1H3/b16-15-/t12-/m1/s1. The molecule has 7 heteroatoms. The maximum absolute atomic E-state index is 13.1. The third kappa shape index (κ3) is 2.88. The maximum Gasteiger partial charge on any atom is 0.267 e. The fourth-order valence-electron chi connectivity index (χ4n) is 3.64. The van der Waals surface area contributed by atoms with Gasteiger partial charge in [-0.3, -0.25) is 14.5 Å². The van der Waals surface area contributed by atoms with Gasteiger partial charge in [0.15, 0.2) is 0 Å². The van der Waals surface area contributed by atoms with E-state index in [-0.39, 0.29) is 17.9 Å². The molecule has 0 N–H and O–H groups in total. The van der Waals surface area contributed by atoms with Crippen LogP contribution in [-0.4, -0.2) is 46.8 Å². The summed E-state index contributed by atoms with van der Waals surface area (Å²) in [5, 5.41) is 0. The molecule has 2 saturated heterocycles. The Hall–Kier alpha value is -1.70. The zero-order valence-corrected chi connectivity index (χ0v) is 16.2. The Morgan fingerprint density at radius 3 is 2.77 bits per heavy atom. The molecule has 2 amide bonds. The molecule has 0 bridgehead atoms. The van der Waals surface area contributed by atoms with Gasteiger partial charge in [-0.1, -0.05) is 49.1 Å². The summed E-state index contributed by atoms with van der Waals surface area (Å²) in [6.07, 6.45) is 2.84. The van der Waals surface area contributed by atoms with Gasteiger partial charge in [-0.25, -0.2) is 0 Å². The van der Waals surface area contributed by atoms with E-state index >= 15 is 0 Å². The van der Waals surface area contributed by atoms with Gasteiger partial charge in [0.2, 0.25) is 0 Å². The highest BCUT2D eigenvalue weighted by molar-refractivity contribution is 8.26. The SMILES string of the molecule is CCCN1C(=O)/C(=C2\SC(=S)N(C[C@H]3CCCO3)C2=O)c2ccccc21. The first kappa shape index (κ1) is 17.7. The smallest absolute Gasteiger partial charge is 0.267 e. The molecule has 5 nitrogen and oxygen atoms in total. The quantitative estimate of drug-likeness (QED) is 0.586. The zero-order valence-electron chi connectivity index (χ0n) is 14.6. The molecule has 3 aliphatic heterocycles. The van der Waals surface area contributed by atoms with E-state index in [2.05, 4.69) is 0 Å². The average molecular weight is 389 g/mol. The monoisotopic (exact) mass is 388 g/mol. The topological polar surface area (TPSA) is 49.9 Å². The van der Waals surface area contributed by atoms with Crippen LogP contribution in [0.2, 0.25) is 0 Å². The molecule has 1 atom stereocenters. The van der Waals surface area contributed by atoms with Gasteiger partial charge in [0.1, 0.15) is 4.32 Å². The molecular weight excluding hydrogens is 368 g/mol. The minimum Gasteiger partial charge on any atom is -0.376 e. The van der Waals surface area contributed by atoms with Crippen molar-refractivity contribution in [1.29, 1.82) is 0 Å². The van der Waals surface area contributed by atoms with E-state index in [1.807, 2.05) is 31.2 Å². The van der Waals surface area contributed by atoms with Gasteiger partial charge in [0, 0.05) is 18.7 Å². The van der Waals surface area contributed by atoms with Gasteiger partial charge in [-0.15, -0.1) is 0 Å². The first-order valence-corrected chi connectivity index (χ1v) is 10.1. The number of hydrogen-bond donors (Lipinski definition) is 0. The van der Waals surface area contributed by atoms with Crippen molar-refractivity contribution in [3.63, 3.8) is 0 Å². The summed E-state index contributed by atoms with van der Waals surface area (Å²) >= 11 is 6.67. The molecule has 0 aliphatic carbocycles. The molecule has 1 aromatic rings. The lowest BCUT2D eigenvalue weighted by molar-refractivity contribution is -0.123. The second-order valence-electron chi connectivity index (χ2n) is 6.60. The minimum absolute atomic E-state index is 0.0324. The molecule has 136 valence electrons. The van der Waals surface area contributed by atoms with Gasteiger partial charge in [0.05, 0.1) is 28.8 Å². The number of benzene rings is 1. The Morgan fingerprint density at radius 2 is 2.04 bits per heavy atom. The lowest BCUT2D eigenvalue weighted by Crippen LogP contribution is -2.35. The van der Waals surface area contributed by atoms with Crippen LogP contribution in [0.5, 0.6) is 0 Å².